The Hall–Kier alpha value is -1.16. The number of aromatic nitrogens is 2. The van der Waals surface area contributed by atoms with Crippen LogP contribution in [0.1, 0.15) is 37.7 Å². The van der Waals surface area contributed by atoms with Crippen LogP contribution in [0.25, 0.3) is 0 Å². The molecule has 1 atom stereocenters. The Bertz CT molecular complexity index is 328. The average Bonchev–Trinajstić information content (AvgIpc) is 2.26. The quantitative estimate of drug-likeness (QED) is 0.804. The van der Waals surface area contributed by atoms with Crippen molar-refractivity contribution in [3.05, 3.63) is 17.6 Å². The van der Waals surface area contributed by atoms with Crippen LogP contribution in [0.5, 0.6) is 0 Å². The molecule has 0 saturated heterocycles. The summed E-state index contributed by atoms with van der Waals surface area (Å²) in [4.78, 5) is 8.92. The lowest BCUT2D eigenvalue weighted by Gasteiger charge is -2.12. The van der Waals surface area contributed by atoms with Gasteiger partial charge >= 0.3 is 0 Å². The number of nitrogens with one attached hydrogen (secondary N) is 1. The summed E-state index contributed by atoms with van der Waals surface area (Å²) in [5.41, 5.74) is 0.992. The zero-order valence-electron chi connectivity index (χ0n) is 10.6. The van der Waals surface area contributed by atoms with Gasteiger partial charge in [0.1, 0.15) is 11.6 Å². The molecule has 0 aliphatic carbocycles. The minimum absolute atomic E-state index is 0.229. The smallest absolute Gasteiger partial charge is 0.136 e. The standard InChI is InChI=1S/C12H21N3O/c1-5-6-13-11-7-10(3)14-12(15-11)9(2)8-16-4/h7,9H,5-6,8H2,1-4H3,(H,13,14,15). The van der Waals surface area contributed by atoms with Gasteiger partial charge in [0, 0.05) is 31.3 Å². The number of rotatable bonds is 6. The molecule has 1 N–H and O–H groups in total. The molecular formula is C12H21N3O. The van der Waals surface area contributed by atoms with Crippen LogP contribution in [0.15, 0.2) is 6.07 Å². The van der Waals surface area contributed by atoms with E-state index in [1.807, 2.05) is 13.0 Å². The van der Waals surface area contributed by atoms with Gasteiger partial charge in [0.25, 0.3) is 0 Å². The van der Waals surface area contributed by atoms with Gasteiger partial charge < -0.3 is 10.1 Å². The van der Waals surface area contributed by atoms with Crippen LogP contribution in [0.2, 0.25) is 0 Å². The van der Waals surface area contributed by atoms with Crippen LogP contribution in [-0.2, 0) is 4.74 Å². The molecule has 0 saturated carbocycles. The molecule has 1 heterocycles. The van der Waals surface area contributed by atoms with E-state index >= 15 is 0 Å². The average molecular weight is 223 g/mol. The molecule has 0 radical (unpaired) electrons. The molecule has 0 bridgehead atoms. The Morgan fingerprint density at radius 1 is 1.44 bits per heavy atom. The highest BCUT2D eigenvalue weighted by atomic mass is 16.5. The van der Waals surface area contributed by atoms with Crippen molar-refractivity contribution in [1.29, 1.82) is 0 Å². The lowest BCUT2D eigenvalue weighted by molar-refractivity contribution is 0.181. The van der Waals surface area contributed by atoms with Gasteiger partial charge in [0.05, 0.1) is 6.61 Å². The number of ether oxygens (including phenoxy) is 1. The molecule has 4 nitrogen and oxygen atoms in total. The third-order valence-corrected chi connectivity index (χ3v) is 2.29. The van der Waals surface area contributed by atoms with E-state index in [1.54, 1.807) is 7.11 Å². The van der Waals surface area contributed by atoms with Crippen LogP contribution in [0, 0.1) is 6.92 Å². The normalized spacial score (nSPS) is 12.5. The first-order valence-corrected chi connectivity index (χ1v) is 5.75. The predicted octanol–water partition coefficient (Wildman–Crippen LogP) is 2.36. The molecule has 0 aromatic carbocycles. The topological polar surface area (TPSA) is 47.0 Å². The number of hydrogen-bond acceptors (Lipinski definition) is 4. The second kappa shape index (κ2) is 6.43. The van der Waals surface area contributed by atoms with Crippen LogP contribution < -0.4 is 5.32 Å². The highest BCUT2D eigenvalue weighted by molar-refractivity contribution is 5.36. The lowest BCUT2D eigenvalue weighted by Crippen LogP contribution is -2.11. The Morgan fingerprint density at radius 2 is 2.19 bits per heavy atom. The Balaban J connectivity index is 2.80. The molecule has 1 aromatic heterocycles. The fourth-order valence-electron chi connectivity index (χ4n) is 1.48. The fourth-order valence-corrected chi connectivity index (χ4v) is 1.48. The maximum Gasteiger partial charge on any atom is 0.136 e. The van der Waals surface area contributed by atoms with Crippen molar-refractivity contribution >= 4 is 5.82 Å². The van der Waals surface area contributed by atoms with Crippen LogP contribution in [-0.4, -0.2) is 30.2 Å². The highest BCUT2D eigenvalue weighted by Crippen LogP contribution is 2.14. The van der Waals surface area contributed by atoms with Crippen molar-refractivity contribution < 1.29 is 4.74 Å². The summed E-state index contributed by atoms with van der Waals surface area (Å²) >= 11 is 0. The molecule has 0 amide bonds. The Morgan fingerprint density at radius 3 is 2.81 bits per heavy atom. The summed E-state index contributed by atoms with van der Waals surface area (Å²) in [5.74, 6) is 1.99. The van der Waals surface area contributed by atoms with Gasteiger partial charge in [0.15, 0.2) is 0 Å². The predicted molar refractivity (Wildman–Crippen MR) is 65.8 cm³/mol. The highest BCUT2D eigenvalue weighted by Gasteiger charge is 2.10. The van der Waals surface area contributed by atoms with Crippen molar-refractivity contribution in [3.8, 4) is 0 Å². The second-order valence-electron chi connectivity index (χ2n) is 4.04. The van der Waals surface area contributed by atoms with E-state index < -0.39 is 0 Å². The lowest BCUT2D eigenvalue weighted by atomic mass is 10.2. The number of methoxy groups -OCH3 is 1. The molecule has 4 heteroatoms. The number of aryl methyl sites for hydroxylation is 1. The van der Waals surface area contributed by atoms with E-state index in [-0.39, 0.29) is 5.92 Å². The van der Waals surface area contributed by atoms with Gasteiger partial charge in [-0.05, 0) is 13.3 Å². The van der Waals surface area contributed by atoms with Crippen molar-refractivity contribution in [2.24, 2.45) is 0 Å². The summed E-state index contributed by atoms with van der Waals surface area (Å²) in [7, 11) is 1.70. The van der Waals surface area contributed by atoms with Crippen molar-refractivity contribution in [1.82, 2.24) is 9.97 Å². The summed E-state index contributed by atoms with van der Waals surface area (Å²) < 4.78 is 5.12. The van der Waals surface area contributed by atoms with Gasteiger partial charge in [-0.25, -0.2) is 9.97 Å². The van der Waals surface area contributed by atoms with Gasteiger partial charge in [0.2, 0.25) is 0 Å². The Kier molecular flexibility index (Phi) is 5.19. The zero-order chi connectivity index (χ0) is 12.0. The van der Waals surface area contributed by atoms with Crippen molar-refractivity contribution in [2.75, 3.05) is 25.6 Å². The van der Waals surface area contributed by atoms with Crippen LogP contribution in [0.3, 0.4) is 0 Å². The maximum absolute atomic E-state index is 5.12. The van der Waals surface area contributed by atoms with E-state index in [1.165, 1.54) is 0 Å². The molecule has 0 spiro atoms. The molecule has 1 aromatic rings. The monoisotopic (exact) mass is 223 g/mol. The van der Waals surface area contributed by atoms with E-state index in [0.29, 0.717) is 6.61 Å². The third kappa shape index (κ3) is 3.77. The molecular weight excluding hydrogens is 202 g/mol. The SMILES string of the molecule is CCCNc1cc(C)nc(C(C)COC)n1. The van der Waals surface area contributed by atoms with Gasteiger partial charge in [-0.15, -0.1) is 0 Å². The molecule has 0 aliphatic rings. The fraction of sp³-hybridized carbons (Fsp3) is 0.667. The summed E-state index contributed by atoms with van der Waals surface area (Å²) in [6, 6.07) is 1.97. The molecule has 1 rings (SSSR count). The van der Waals surface area contributed by atoms with E-state index in [9.17, 15) is 0 Å². The molecule has 0 fully saturated rings. The van der Waals surface area contributed by atoms with Gasteiger partial charge in [-0.3, -0.25) is 0 Å². The first-order valence-electron chi connectivity index (χ1n) is 5.75. The Labute approximate surface area is 97.5 Å². The second-order valence-corrected chi connectivity index (χ2v) is 4.04. The van der Waals surface area contributed by atoms with E-state index in [0.717, 1.165) is 30.3 Å². The van der Waals surface area contributed by atoms with Crippen molar-refractivity contribution in [2.45, 2.75) is 33.1 Å². The minimum Gasteiger partial charge on any atom is -0.384 e. The van der Waals surface area contributed by atoms with Crippen LogP contribution in [0.4, 0.5) is 5.82 Å². The minimum atomic E-state index is 0.229. The first-order chi connectivity index (χ1) is 7.67. The molecule has 0 aliphatic heterocycles. The molecule has 90 valence electrons. The van der Waals surface area contributed by atoms with Crippen molar-refractivity contribution in [3.63, 3.8) is 0 Å². The summed E-state index contributed by atoms with van der Waals surface area (Å²) in [6.45, 7) is 7.78. The summed E-state index contributed by atoms with van der Waals surface area (Å²) in [6.07, 6.45) is 1.09. The first kappa shape index (κ1) is 12.9. The third-order valence-electron chi connectivity index (χ3n) is 2.29. The van der Waals surface area contributed by atoms with E-state index in [2.05, 4.69) is 29.1 Å². The zero-order valence-corrected chi connectivity index (χ0v) is 10.6. The number of anilines is 1. The molecule has 1 unspecified atom stereocenters. The molecule has 16 heavy (non-hydrogen) atoms. The number of hydrogen-bond donors (Lipinski definition) is 1. The van der Waals surface area contributed by atoms with Gasteiger partial charge in [-0.2, -0.15) is 0 Å². The largest absolute Gasteiger partial charge is 0.384 e. The van der Waals surface area contributed by atoms with Gasteiger partial charge in [-0.1, -0.05) is 13.8 Å². The van der Waals surface area contributed by atoms with E-state index in [4.69, 9.17) is 4.74 Å². The summed E-state index contributed by atoms with van der Waals surface area (Å²) in [5, 5.41) is 3.28. The van der Waals surface area contributed by atoms with Crippen LogP contribution >= 0.6 is 0 Å². The number of nitrogens with zero attached hydrogens (tertiary/aromatic N) is 2. The maximum atomic E-state index is 5.12.